The van der Waals surface area contributed by atoms with Crippen LogP contribution in [0.2, 0.25) is 0 Å². The van der Waals surface area contributed by atoms with Crippen LogP contribution in [0.1, 0.15) is 13.8 Å². The summed E-state index contributed by atoms with van der Waals surface area (Å²) < 4.78 is 29.6. The van der Waals surface area contributed by atoms with Crippen molar-refractivity contribution in [1.29, 1.82) is 0 Å². The van der Waals surface area contributed by atoms with Crippen molar-refractivity contribution in [2.45, 2.75) is 26.4 Å². The monoisotopic (exact) mass is 604 g/mol. The summed E-state index contributed by atoms with van der Waals surface area (Å²) in [4.78, 5) is 20.9. The highest BCUT2D eigenvalue weighted by Crippen LogP contribution is 2.27. The molecule has 0 radical (unpaired) electrons. The molecule has 6 rings (SSSR count). The van der Waals surface area contributed by atoms with Gasteiger partial charge < -0.3 is 30.8 Å². The van der Waals surface area contributed by atoms with Gasteiger partial charge in [-0.2, -0.15) is 19.7 Å². The van der Waals surface area contributed by atoms with E-state index in [1.165, 1.54) is 6.07 Å². The molecule has 1 amide bonds. The molecule has 44 heavy (non-hydrogen) atoms. The lowest BCUT2D eigenvalue weighted by Gasteiger charge is -2.36. The molecule has 5 heterocycles. The zero-order valence-corrected chi connectivity index (χ0v) is 24.8. The third-order valence-corrected chi connectivity index (χ3v) is 7.96. The van der Waals surface area contributed by atoms with E-state index in [0.29, 0.717) is 54.7 Å². The SMILES string of the molecule is CC(C)[C@H](N)C(=O)NCCOc1ccc(N2CCN(CCn3ncc4c3nc(N)n3nc(-c5ccco5)cc43)CC2)c(F)c1. The Bertz CT molecular complexity index is 1740. The first-order chi connectivity index (χ1) is 21.3. The molecule has 1 aliphatic heterocycles. The van der Waals surface area contributed by atoms with E-state index in [0.717, 1.165) is 30.5 Å². The predicted molar refractivity (Wildman–Crippen MR) is 165 cm³/mol. The molecule has 5 aromatic rings. The highest BCUT2D eigenvalue weighted by atomic mass is 19.1. The molecule has 1 aliphatic rings. The van der Waals surface area contributed by atoms with E-state index in [4.69, 9.17) is 20.6 Å². The van der Waals surface area contributed by atoms with Crippen molar-refractivity contribution in [3.05, 3.63) is 54.7 Å². The summed E-state index contributed by atoms with van der Waals surface area (Å²) in [6.07, 6.45) is 3.39. The predicted octanol–water partition coefficient (Wildman–Crippen LogP) is 2.36. The third-order valence-electron chi connectivity index (χ3n) is 7.96. The minimum Gasteiger partial charge on any atom is -0.492 e. The van der Waals surface area contributed by atoms with E-state index in [9.17, 15) is 4.79 Å². The van der Waals surface area contributed by atoms with Gasteiger partial charge in [0.15, 0.2) is 11.4 Å². The fraction of sp³-hybridized carbons (Fsp3) is 0.400. The van der Waals surface area contributed by atoms with Crippen molar-refractivity contribution in [2.24, 2.45) is 11.7 Å². The topological polar surface area (TPSA) is 158 Å². The van der Waals surface area contributed by atoms with Crippen LogP contribution in [-0.2, 0) is 11.3 Å². The Morgan fingerprint density at radius 2 is 1.98 bits per heavy atom. The minimum atomic E-state index is -0.564. The van der Waals surface area contributed by atoms with Gasteiger partial charge in [0.1, 0.15) is 23.9 Å². The number of carbonyl (C=O) groups is 1. The summed E-state index contributed by atoms with van der Waals surface area (Å²) >= 11 is 0. The van der Waals surface area contributed by atoms with Gasteiger partial charge in [-0.05, 0) is 36.2 Å². The van der Waals surface area contributed by atoms with Crippen molar-refractivity contribution in [3.8, 4) is 17.2 Å². The van der Waals surface area contributed by atoms with Crippen molar-refractivity contribution in [1.82, 2.24) is 34.6 Å². The first-order valence-electron chi connectivity index (χ1n) is 14.8. The number of ether oxygens (including phenoxy) is 1. The Kier molecular flexibility index (Phi) is 8.35. The molecular weight excluding hydrogens is 567 g/mol. The number of fused-ring (bicyclic) bond motifs is 3. The number of piperazine rings is 1. The lowest BCUT2D eigenvalue weighted by molar-refractivity contribution is -0.123. The summed E-state index contributed by atoms with van der Waals surface area (Å²) in [6, 6.07) is 9.91. The van der Waals surface area contributed by atoms with Crippen molar-refractivity contribution in [2.75, 3.05) is 56.5 Å². The van der Waals surface area contributed by atoms with Gasteiger partial charge in [0.05, 0.1) is 48.2 Å². The van der Waals surface area contributed by atoms with Gasteiger partial charge in [-0.25, -0.2) is 9.07 Å². The second-order valence-electron chi connectivity index (χ2n) is 11.2. The van der Waals surface area contributed by atoms with Crippen LogP contribution in [0, 0.1) is 11.7 Å². The second kappa shape index (κ2) is 12.5. The number of halogens is 1. The molecule has 0 saturated carbocycles. The van der Waals surface area contributed by atoms with Gasteiger partial charge in [-0.3, -0.25) is 9.69 Å². The number of amides is 1. The maximum absolute atomic E-state index is 15.0. The maximum Gasteiger partial charge on any atom is 0.237 e. The Morgan fingerprint density at radius 3 is 2.70 bits per heavy atom. The van der Waals surface area contributed by atoms with Crippen LogP contribution < -0.4 is 26.4 Å². The lowest BCUT2D eigenvalue weighted by Crippen LogP contribution is -2.47. The van der Waals surface area contributed by atoms with Crippen molar-refractivity contribution >= 4 is 34.1 Å². The number of aromatic nitrogens is 5. The van der Waals surface area contributed by atoms with E-state index in [2.05, 4.69) is 25.4 Å². The van der Waals surface area contributed by atoms with Crippen LogP contribution in [0.25, 0.3) is 28.0 Å². The number of nitrogens with two attached hydrogens (primary N) is 2. The number of furan rings is 1. The lowest BCUT2D eigenvalue weighted by atomic mass is 10.1. The minimum absolute atomic E-state index is 0.0471. The number of hydrogen-bond donors (Lipinski definition) is 3. The standard InChI is InChI=1S/C30H37FN10O3/c1-19(2)27(32)29(42)34-7-15-43-20-5-6-24(22(31)16-20)39-11-8-38(9-12-39)10-13-40-28-21(18-35-40)25-17-23(26-4-3-14-44-26)37-41(25)30(33)36-28/h3-6,14,16-19,27H,7-13,15,32H2,1-2H3,(H2,33,36)(H,34,42)/t27-/m0/s1. The molecule has 1 atom stereocenters. The van der Waals surface area contributed by atoms with Gasteiger partial charge in [0, 0.05) is 38.8 Å². The molecule has 13 nitrogen and oxygen atoms in total. The summed E-state index contributed by atoms with van der Waals surface area (Å²) in [5.74, 6) is 0.832. The zero-order chi connectivity index (χ0) is 30.8. The molecule has 0 bridgehead atoms. The highest BCUT2D eigenvalue weighted by molar-refractivity contribution is 5.93. The molecule has 1 aromatic carbocycles. The fourth-order valence-corrected chi connectivity index (χ4v) is 5.34. The van der Waals surface area contributed by atoms with Gasteiger partial charge in [-0.1, -0.05) is 13.8 Å². The van der Waals surface area contributed by atoms with Gasteiger partial charge in [-0.15, -0.1) is 0 Å². The van der Waals surface area contributed by atoms with E-state index in [1.807, 2.05) is 41.6 Å². The average molecular weight is 605 g/mol. The Morgan fingerprint density at radius 1 is 1.16 bits per heavy atom. The van der Waals surface area contributed by atoms with Gasteiger partial charge >= 0.3 is 0 Å². The average Bonchev–Trinajstić information content (AvgIpc) is 3.78. The zero-order valence-electron chi connectivity index (χ0n) is 24.8. The normalized spacial score (nSPS) is 15.0. The first-order valence-corrected chi connectivity index (χ1v) is 14.8. The Labute approximate surface area is 253 Å². The van der Waals surface area contributed by atoms with Crippen LogP contribution >= 0.6 is 0 Å². The summed E-state index contributed by atoms with van der Waals surface area (Å²) in [5, 5.41) is 12.7. The number of nitrogens with one attached hydrogen (secondary N) is 1. The summed E-state index contributed by atoms with van der Waals surface area (Å²) in [6.45, 7) is 8.64. The van der Waals surface area contributed by atoms with Gasteiger partial charge in [0.2, 0.25) is 11.9 Å². The molecule has 1 fully saturated rings. The molecule has 5 N–H and O–H groups in total. The molecular formula is C30H37FN10O3. The van der Waals surface area contributed by atoms with Crippen LogP contribution in [0.15, 0.2) is 53.3 Å². The van der Waals surface area contributed by atoms with E-state index < -0.39 is 6.04 Å². The number of carbonyl (C=O) groups excluding carboxylic acids is 1. The van der Waals surface area contributed by atoms with Crippen LogP contribution in [0.3, 0.4) is 0 Å². The highest BCUT2D eigenvalue weighted by Gasteiger charge is 2.21. The number of rotatable bonds is 11. The van der Waals surface area contributed by atoms with Crippen LogP contribution in [-0.4, -0.2) is 87.1 Å². The van der Waals surface area contributed by atoms with Crippen molar-refractivity contribution in [3.63, 3.8) is 0 Å². The number of anilines is 2. The van der Waals surface area contributed by atoms with E-state index >= 15 is 4.39 Å². The largest absolute Gasteiger partial charge is 0.492 e. The van der Waals surface area contributed by atoms with Gasteiger partial charge in [0.25, 0.3) is 0 Å². The van der Waals surface area contributed by atoms with Crippen LogP contribution in [0.4, 0.5) is 16.0 Å². The Balaban J connectivity index is 1.01. The van der Waals surface area contributed by atoms with Crippen LogP contribution in [0.5, 0.6) is 5.75 Å². The fourth-order valence-electron chi connectivity index (χ4n) is 5.34. The molecule has 0 aliphatic carbocycles. The Hall–Kier alpha value is -4.69. The second-order valence-corrected chi connectivity index (χ2v) is 11.2. The molecule has 0 unspecified atom stereocenters. The first kappa shape index (κ1) is 29.4. The number of benzene rings is 1. The number of nitrogen functional groups attached to an aromatic ring is 1. The quantitative estimate of drug-likeness (QED) is 0.191. The molecule has 0 spiro atoms. The third kappa shape index (κ3) is 6.03. The molecule has 232 valence electrons. The molecule has 14 heteroatoms. The molecule has 4 aromatic heterocycles. The smallest absolute Gasteiger partial charge is 0.237 e. The number of hydrogen-bond acceptors (Lipinski definition) is 10. The maximum atomic E-state index is 15.0. The number of nitrogens with zero attached hydrogens (tertiary/aromatic N) is 7. The molecule has 1 saturated heterocycles. The van der Waals surface area contributed by atoms with E-state index in [1.54, 1.807) is 29.1 Å². The summed E-state index contributed by atoms with van der Waals surface area (Å²) in [5.41, 5.74) is 14.8. The van der Waals surface area contributed by atoms with E-state index in [-0.39, 0.29) is 30.2 Å². The van der Waals surface area contributed by atoms with Crippen molar-refractivity contribution < 1.29 is 18.3 Å². The summed E-state index contributed by atoms with van der Waals surface area (Å²) in [7, 11) is 0.